The van der Waals surface area contributed by atoms with E-state index in [1.807, 2.05) is 0 Å². The van der Waals surface area contributed by atoms with Crippen molar-refractivity contribution in [3.63, 3.8) is 0 Å². The smallest absolute Gasteiger partial charge is 0.306 e. The zero-order chi connectivity index (χ0) is 32.3. The number of esters is 2. The number of ether oxygens (including phenoxy) is 2. The lowest BCUT2D eigenvalue weighted by Crippen LogP contribution is -2.48. The van der Waals surface area contributed by atoms with Crippen LogP contribution in [0.2, 0.25) is 0 Å². The van der Waals surface area contributed by atoms with Crippen LogP contribution in [0.5, 0.6) is 0 Å². The predicted molar refractivity (Wildman–Crippen MR) is 159 cm³/mol. The van der Waals surface area contributed by atoms with E-state index in [1.54, 1.807) is 51.1 Å². The SMILES string of the molecule is CCOC(=O)CCC(=O)O[C@@H](C[C@@H](CCC(C)(C)O)C(N)=O)[C@H](Cc1cccc(F)c1)NC(=O)c1cnc2ccccc2n1. The molecular formula is C32H39FN4O7. The standard InChI is InChI=1S/C32H39FN4O7/c1-4-43-28(38)12-13-29(39)44-27(18-21(30(34)40)14-15-32(2,3)42)25(17-20-8-7-9-22(33)16-20)37-31(41)26-19-35-23-10-5-6-11-24(23)36-26/h5-11,16,19,21,25,27,42H,4,12-15,17-18H2,1-3H3,(H2,34,40)(H,37,41)/t21-,25+,27+/m1/s1. The van der Waals surface area contributed by atoms with Gasteiger partial charge in [0.25, 0.3) is 5.91 Å². The Morgan fingerprint density at radius 2 is 1.75 bits per heavy atom. The Bertz CT molecular complexity index is 1460. The lowest BCUT2D eigenvalue weighted by atomic mass is 9.87. The number of carbonyl (C=O) groups is 4. The van der Waals surface area contributed by atoms with Crippen LogP contribution in [0.4, 0.5) is 4.39 Å². The lowest BCUT2D eigenvalue weighted by molar-refractivity contribution is -0.155. The number of benzene rings is 2. The first-order valence-corrected chi connectivity index (χ1v) is 14.5. The number of fused-ring (bicyclic) bond motifs is 1. The van der Waals surface area contributed by atoms with E-state index in [2.05, 4.69) is 15.3 Å². The van der Waals surface area contributed by atoms with Gasteiger partial charge in [-0.3, -0.25) is 24.2 Å². The molecule has 0 aliphatic rings. The fourth-order valence-corrected chi connectivity index (χ4v) is 4.65. The number of para-hydroxylation sites is 2. The molecule has 0 fully saturated rings. The largest absolute Gasteiger partial charge is 0.466 e. The highest BCUT2D eigenvalue weighted by Gasteiger charge is 2.33. The topological polar surface area (TPSA) is 171 Å². The van der Waals surface area contributed by atoms with Crippen molar-refractivity contribution >= 4 is 34.8 Å². The molecule has 0 unspecified atom stereocenters. The number of nitrogens with zero attached hydrogens (tertiary/aromatic N) is 2. The number of carbonyl (C=O) groups excluding carboxylic acids is 4. The first-order chi connectivity index (χ1) is 20.8. The number of primary amides is 1. The molecule has 0 aliphatic heterocycles. The first-order valence-electron chi connectivity index (χ1n) is 14.5. The number of nitrogens with one attached hydrogen (secondary N) is 1. The molecule has 1 aromatic heterocycles. The van der Waals surface area contributed by atoms with Crippen LogP contribution in [0.15, 0.2) is 54.7 Å². The summed E-state index contributed by atoms with van der Waals surface area (Å²) in [6.45, 7) is 4.98. The molecule has 11 nitrogen and oxygen atoms in total. The maximum atomic E-state index is 14.2. The number of nitrogens with two attached hydrogens (primary N) is 1. The third-order valence-corrected chi connectivity index (χ3v) is 6.94. The Kier molecular flexibility index (Phi) is 12.3. The number of halogens is 1. The molecule has 4 N–H and O–H groups in total. The van der Waals surface area contributed by atoms with E-state index in [4.69, 9.17) is 15.2 Å². The van der Waals surface area contributed by atoms with Crippen molar-refractivity contribution in [1.29, 1.82) is 0 Å². The summed E-state index contributed by atoms with van der Waals surface area (Å²) < 4.78 is 24.8. The summed E-state index contributed by atoms with van der Waals surface area (Å²) in [5.41, 5.74) is 6.18. The van der Waals surface area contributed by atoms with Crippen LogP contribution >= 0.6 is 0 Å². The number of rotatable bonds is 16. The molecule has 2 aromatic carbocycles. The highest BCUT2D eigenvalue weighted by atomic mass is 19.1. The monoisotopic (exact) mass is 610 g/mol. The van der Waals surface area contributed by atoms with Crippen LogP contribution in [-0.4, -0.2) is 63.2 Å². The zero-order valence-electron chi connectivity index (χ0n) is 25.1. The van der Waals surface area contributed by atoms with Crippen molar-refractivity contribution in [1.82, 2.24) is 15.3 Å². The van der Waals surface area contributed by atoms with Crippen LogP contribution < -0.4 is 11.1 Å². The van der Waals surface area contributed by atoms with Gasteiger partial charge in [0.2, 0.25) is 5.91 Å². The Balaban J connectivity index is 1.96. The molecule has 0 spiro atoms. The molecule has 0 saturated carbocycles. The Labute approximate surface area is 255 Å². The minimum absolute atomic E-state index is 0.00573. The van der Waals surface area contributed by atoms with Gasteiger partial charge in [0.15, 0.2) is 0 Å². The molecule has 0 saturated heterocycles. The quantitative estimate of drug-likeness (QED) is 0.206. The van der Waals surface area contributed by atoms with Gasteiger partial charge in [-0.2, -0.15) is 0 Å². The van der Waals surface area contributed by atoms with Gasteiger partial charge < -0.3 is 25.6 Å². The second kappa shape index (κ2) is 15.9. The number of hydrogen-bond acceptors (Lipinski definition) is 9. The molecule has 3 aromatic rings. The maximum Gasteiger partial charge on any atom is 0.306 e. The van der Waals surface area contributed by atoms with E-state index >= 15 is 0 Å². The van der Waals surface area contributed by atoms with Crippen LogP contribution in [0.3, 0.4) is 0 Å². The minimum atomic E-state index is -1.13. The minimum Gasteiger partial charge on any atom is -0.466 e. The van der Waals surface area contributed by atoms with Crippen molar-refractivity contribution in [2.24, 2.45) is 11.7 Å². The molecule has 0 radical (unpaired) electrons. The summed E-state index contributed by atoms with van der Waals surface area (Å²) in [6, 6.07) is 11.7. The van der Waals surface area contributed by atoms with E-state index in [1.165, 1.54) is 24.4 Å². The van der Waals surface area contributed by atoms with Gasteiger partial charge >= 0.3 is 11.9 Å². The van der Waals surface area contributed by atoms with Crippen molar-refractivity contribution in [3.8, 4) is 0 Å². The van der Waals surface area contributed by atoms with Gasteiger partial charge in [0.1, 0.15) is 17.6 Å². The summed E-state index contributed by atoms with van der Waals surface area (Å²) in [4.78, 5) is 59.5. The van der Waals surface area contributed by atoms with E-state index in [0.717, 1.165) is 0 Å². The summed E-state index contributed by atoms with van der Waals surface area (Å²) in [5, 5.41) is 13.1. The normalized spacial score (nSPS) is 13.5. The van der Waals surface area contributed by atoms with Gasteiger partial charge in [0, 0.05) is 5.92 Å². The van der Waals surface area contributed by atoms with Crippen LogP contribution in [0.25, 0.3) is 11.0 Å². The first kappa shape index (κ1) is 34.0. The van der Waals surface area contributed by atoms with E-state index in [-0.39, 0.29) is 50.8 Å². The molecule has 0 bridgehead atoms. The fourth-order valence-electron chi connectivity index (χ4n) is 4.65. The van der Waals surface area contributed by atoms with Crippen LogP contribution in [0.1, 0.15) is 68.9 Å². The Hall–Kier alpha value is -4.45. The summed E-state index contributed by atoms with van der Waals surface area (Å²) in [6.07, 6.45) is -0.0686. The Morgan fingerprint density at radius 3 is 2.41 bits per heavy atom. The molecule has 3 rings (SSSR count). The van der Waals surface area contributed by atoms with Gasteiger partial charge in [-0.15, -0.1) is 0 Å². The highest BCUT2D eigenvalue weighted by molar-refractivity contribution is 5.94. The van der Waals surface area contributed by atoms with Crippen LogP contribution in [0, 0.1) is 11.7 Å². The molecular weight excluding hydrogens is 571 g/mol. The molecule has 2 amide bonds. The molecule has 1 heterocycles. The van der Waals surface area contributed by atoms with Crippen molar-refractivity contribution in [2.75, 3.05) is 6.61 Å². The molecule has 12 heteroatoms. The summed E-state index contributed by atoms with van der Waals surface area (Å²) >= 11 is 0. The second-order valence-corrected chi connectivity index (χ2v) is 11.2. The van der Waals surface area contributed by atoms with E-state index < -0.39 is 53.2 Å². The number of hydrogen-bond donors (Lipinski definition) is 3. The average Bonchev–Trinajstić information content (AvgIpc) is 2.96. The van der Waals surface area contributed by atoms with Gasteiger partial charge in [-0.25, -0.2) is 9.37 Å². The second-order valence-electron chi connectivity index (χ2n) is 11.2. The third kappa shape index (κ3) is 11.0. The van der Waals surface area contributed by atoms with Crippen LogP contribution in [-0.2, 0) is 30.3 Å². The molecule has 236 valence electrons. The number of aliphatic hydroxyl groups is 1. The zero-order valence-corrected chi connectivity index (χ0v) is 25.1. The summed E-state index contributed by atoms with van der Waals surface area (Å²) in [5.74, 6) is -4.02. The lowest BCUT2D eigenvalue weighted by Gasteiger charge is -2.31. The maximum absolute atomic E-state index is 14.2. The van der Waals surface area contributed by atoms with Gasteiger partial charge in [-0.1, -0.05) is 24.3 Å². The van der Waals surface area contributed by atoms with Gasteiger partial charge in [0.05, 0.1) is 48.3 Å². The van der Waals surface area contributed by atoms with E-state index in [9.17, 15) is 28.7 Å². The molecule has 3 atom stereocenters. The van der Waals surface area contributed by atoms with Crippen molar-refractivity contribution in [2.45, 2.75) is 77.0 Å². The number of amides is 2. The summed E-state index contributed by atoms with van der Waals surface area (Å²) in [7, 11) is 0. The third-order valence-electron chi connectivity index (χ3n) is 6.94. The highest BCUT2D eigenvalue weighted by Crippen LogP contribution is 2.24. The average molecular weight is 611 g/mol. The number of aromatic nitrogens is 2. The van der Waals surface area contributed by atoms with Crippen molar-refractivity contribution in [3.05, 3.63) is 71.8 Å². The molecule has 44 heavy (non-hydrogen) atoms. The Morgan fingerprint density at radius 1 is 1.05 bits per heavy atom. The van der Waals surface area contributed by atoms with Gasteiger partial charge in [-0.05, 0) is 76.3 Å². The van der Waals surface area contributed by atoms with E-state index in [0.29, 0.717) is 16.6 Å². The predicted octanol–water partition coefficient (Wildman–Crippen LogP) is 3.41. The van der Waals surface area contributed by atoms with Crippen molar-refractivity contribution < 1.29 is 38.1 Å². The molecule has 0 aliphatic carbocycles. The fraction of sp³-hybridized carbons (Fsp3) is 0.438.